The van der Waals surface area contributed by atoms with E-state index < -0.39 is 11.3 Å². The van der Waals surface area contributed by atoms with Crippen LogP contribution in [0.5, 0.6) is 0 Å². The molecule has 1 fully saturated rings. The number of hydrogen-bond donors (Lipinski definition) is 2. The first kappa shape index (κ1) is 10.7. The summed E-state index contributed by atoms with van der Waals surface area (Å²) in [7, 11) is 3.63. The van der Waals surface area contributed by atoms with Gasteiger partial charge in [-0.15, -0.1) is 0 Å². The van der Waals surface area contributed by atoms with Gasteiger partial charge in [0, 0.05) is 14.1 Å². The molecular weight excluding hydrogens is 186 g/mol. The van der Waals surface area contributed by atoms with Crippen LogP contribution in [0.3, 0.4) is 0 Å². The highest BCUT2D eigenvalue weighted by atomic mass is 32.1. The molecule has 1 rings (SSSR count). The molecule has 0 spiro atoms. The van der Waals surface area contributed by atoms with Gasteiger partial charge in [-0.2, -0.15) is 5.01 Å². The van der Waals surface area contributed by atoms with E-state index in [9.17, 15) is 5.11 Å². The first-order valence-electron chi connectivity index (χ1n) is 4.22. The summed E-state index contributed by atoms with van der Waals surface area (Å²) in [5.74, 6) is 0. The van der Waals surface area contributed by atoms with Gasteiger partial charge in [0.1, 0.15) is 0 Å². The highest BCUT2D eigenvalue weighted by molar-refractivity contribution is 7.80. The number of rotatable bonds is 0. The second kappa shape index (κ2) is 2.80. The predicted molar refractivity (Wildman–Crippen MR) is 56.0 cm³/mol. The van der Waals surface area contributed by atoms with Gasteiger partial charge < -0.3 is 10.4 Å². The van der Waals surface area contributed by atoms with Crippen molar-refractivity contribution in [2.75, 3.05) is 14.1 Å². The fourth-order valence-corrected chi connectivity index (χ4v) is 1.68. The van der Waals surface area contributed by atoms with Crippen molar-refractivity contribution in [3.8, 4) is 0 Å². The predicted octanol–water partition coefficient (Wildman–Crippen LogP) is 0.140. The van der Waals surface area contributed by atoms with E-state index >= 15 is 0 Å². The number of hydrogen-bond acceptors (Lipinski definition) is 3. The van der Waals surface area contributed by atoms with E-state index in [0.717, 1.165) is 0 Å². The van der Waals surface area contributed by atoms with Crippen LogP contribution in [-0.2, 0) is 0 Å². The molecule has 2 N–H and O–H groups in total. The zero-order valence-electron chi connectivity index (χ0n) is 8.75. The van der Waals surface area contributed by atoms with E-state index in [1.165, 1.54) is 0 Å². The van der Waals surface area contributed by atoms with Crippen LogP contribution in [0.4, 0.5) is 0 Å². The largest absolute Gasteiger partial charge is 0.372 e. The monoisotopic (exact) mass is 203 g/mol. The number of likely N-dealkylation sites (N-methyl/N-ethyl adjacent to an activating group) is 1. The van der Waals surface area contributed by atoms with Gasteiger partial charge in [0.25, 0.3) is 0 Å². The highest BCUT2D eigenvalue weighted by Gasteiger charge is 2.49. The lowest BCUT2D eigenvalue weighted by Crippen LogP contribution is -2.76. The maximum Gasteiger partial charge on any atom is 0.184 e. The summed E-state index contributed by atoms with van der Waals surface area (Å²) in [6.45, 7) is 5.60. The van der Waals surface area contributed by atoms with Gasteiger partial charge in [-0.05, 0) is 33.0 Å². The summed E-state index contributed by atoms with van der Waals surface area (Å²) in [6.07, 6.45) is 0. The second-order valence-electron chi connectivity index (χ2n) is 4.12. The maximum atomic E-state index is 10.2. The summed E-state index contributed by atoms with van der Waals surface area (Å²) in [4.78, 5) is 0. The zero-order chi connectivity index (χ0) is 10.4. The Labute approximate surface area is 84.5 Å². The van der Waals surface area contributed by atoms with E-state index in [0.29, 0.717) is 5.11 Å². The molecule has 1 aliphatic heterocycles. The summed E-state index contributed by atoms with van der Waals surface area (Å²) in [5, 5.41) is 17.4. The van der Waals surface area contributed by atoms with Gasteiger partial charge in [-0.3, -0.25) is 5.01 Å². The first-order valence-corrected chi connectivity index (χ1v) is 4.63. The maximum absolute atomic E-state index is 10.2. The van der Waals surface area contributed by atoms with Crippen molar-refractivity contribution < 1.29 is 5.11 Å². The average molecular weight is 203 g/mol. The van der Waals surface area contributed by atoms with Gasteiger partial charge in [0.2, 0.25) is 0 Å². The van der Waals surface area contributed by atoms with Crippen molar-refractivity contribution in [2.24, 2.45) is 0 Å². The Bertz CT molecular complexity index is 240. The molecule has 1 aliphatic rings. The lowest BCUT2D eigenvalue weighted by Gasteiger charge is -2.54. The quantitative estimate of drug-likeness (QED) is 0.548. The molecule has 4 nitrogen and oxygen atoms in total. The topological polar surface area (TPSA) is 38.7 Å². The van der Waals surface area contributed by atoms with Gasteiger partial charge in [-0.1, -0.05) is 0 Å². The van der Waals surface area contributed by atoms with Crippen LogP contribution in [0.1, 0.15) is 20.8 Å². The van der Waals surface area contributed by atoms with Crippen LogP contribution in [0, 0.1) is 0 Å². The van der Waals surface area contributed by atoms with Gasteiger partial charge in [0.15, 0.2) is 10.8 Å². The third kappa shape index (κ3) is 1.41. The Balaban J connectivity index is 3.03. The van der Waals surface area contributed by atoms with Crippen LogP contribution < -0.4 is 5.32 Å². The Morgan fingerprint density at radius 1 is 1.31 bits per heavy atom. The van der Waals surface area contributed by atoms with Gasteiger partial charge in [0.05, 0.1) is 5.54 Å². The average Bonchev–Trinajstić information content (AvgIpc) is 1.98. The number of nitrogens with zero attached hydrogens (tertiary/aromatic N) is 2. The number of nitrogens with one attached hydrogen (secondary N) is 1. The molecule has 0 amide bonds. The number of aliphatic hydroxyl groups is 1. The number of hydrazine groups is 1. The minimum atomic E-state index is -0.954. The normalized spacial score (nSPS) is 34.6. The lowest BCUT2D eigenvalue weighted by atomic mass is 9.90. The Morgan fingerprint density at radius 2 is 1.77 bits per heavy atom. The molecule has 0 aliphatic carbocycles. The molecule has 5 heteroatoms. The van der Waals surface area contributed by atoms with Crippen molar-refractivity contribution in [2.45, 2.75) is 32.0 Å². The Kier molecular flexibility index (Phi) is 2.30. The summed E-state index contributed by atoms with van der Waals surface area (Å²) in [5.41, 5.74) is -1.41. The molecule has 0 aromatic heterocycles. The van der Waals surface area contributed by atoms with Crippen LogP contribution in [0.25, 0.3) is 0 Å². The minimum absolute atomic E-state index is 0.453. The van der Waals surface area contributed by atoms with Crippen LogP contribution in [-0.4, -0.2) is 45.6 Å². The second-order valence-corrected chi connectivity index (χ2v) is 4.51. The fourth-order valence-electron chi connectivity index (χ4n) is 1.30. The summed E-state index contributed by atoms with van der Waals surface area (Å²) < 4.78 is 0. The fraction of sp³-hybridized carbons (Fsp3) is 0.875. The van der Waals surface area contributed by atoms with Crippen LogP contribution in [0.2, 0.25) is 0 Å². The molecule has 1 heterocycles. The molecule has 1 atom stereocenters. The smallest absolute Gasteiger partial charge is 0.184 e. The molecule has 1 unspecified atom stereocenters. The first-order chi connectivity index (χ1) is 5.70. The van der Waals surface area contributed by atoms with Gasteiger partial charge >= 0.3 is 0 Å². The van der Waals surface area contributed by atoms with Crippen molar-refractivity contribution >= 4 is 17.3 Å². The molecule has 0 aromatic carbocycles. The van der Waals surface area contributed by atoms with Gasteiger partial charge in [-0.25, -0.2) is 0 Å². The highest BCUT2D eigenvalue weighted by Crippen LogP contribution is 2.29. The molecule has 1 saturated heterocycles. The SMILES string of the molecule is CN1C(=S)NC(C)(C)C(C)(O)N1C. The van der Waals surface area contributed by atoms with Crippen LogP contribution in [0.15, 0.2) is 0 Å². The molecule has 76 valence electrons. The van der Waals surface area contributed by atoms with Crippen molar-refractivity contribution in [3.63, 3.8) is 0 Å². The van der Waals surface area contributed by atoms with E-state index in [4.69, 9.17) is 12.2 Å². The summed E-state index contributed by atoms with van der Waals surface area (Å²) >= 11 is 5.12. The Hall–Kier alpha value is -0.390. The molecular formula is C8H17N3OS. The lowest BCUT2D eigenvalue weighted by molar-refractivity contribution is -0.207. The standard InChI is InChI=1S/C8H17N3OS/c1-7(2)8(3,12)11(5)10(4)6(13)9-7/h12H,1-5H3,(H,9,13). The summed E-state index contributed by atoms with van der Waals surface area (Å²) in [6, 6.07) is 0. The molecule has 0 aromatic rings. The van der Waals surface area contributed by atoms with Crippen molar-refractivity contribution in [3.05, 3.63) is 0 Å². The molecule has 13 heavy (non-hydrogen) atoms. The molecule has 0 bridgehead atoms. The van der Waals surface area contributed by atoms with E-state index in [1.54, 1.807) is 16.9 Å². The molecule has 0 saturated carbocycles. The number of thiocarbonyl (C=S) groups is 1. The van der Waals surface area contributed by atoms with Crippen LogP contribution >= 0.6 is 12.2 Å². The molecule has 0 radical (unpaired) electrons. The van der Waals surface area contributed by atoms with E-state index in [1.807, 2.05) is 27.9 Å². The van der Waals surface area contributed by atoms with Crippen molar-refractivity contribution in [1.82, 2.24) is 15.3 Å². The Morgan fingerprint density at radius 3 is 2.23 bits per heavy atom. The zero-order valence-corrected chi connectivity index (χ0v) is 9.57. The van der Waals surface area contributed by atoms with Crippen molar-refractivity contribution in [1.29, 1.82) is 0 Å². The van der Waals surface area contributed by atoms with E-state index in [2.05, 4.69) is 5.32 Å². The third-order valence-electron chi connectivity index (χ3n) is 2.98. The van der Waals surface area contributed by atoms with E-state index in [-0.39, 0.29) is 0 Å². The third-order valence-corrected chi connectivity index (χ3v) is 3.34. The minimum Gasteiger partial charge on any atom is -0.372 e.